The first-order valence-corrected chi connectivity index (χ1v) is 12.8. The highest BCUT2D eigenvalue weighted by molar-refractivity contribution is 5.94. The molecule has 0 saturated heterocycles. The molecule has 0 spiro atoms. The Morgan fingerprint density at radius 1 is 0.889 bits per heavy atom. The molecule has 1 aromatic heterocycles. The molecule has 0 aliphatic heterocycles. The van der Waals surface area contributed by atoms with E-state index >= 15 is 0 Å². The number of fused-ring (bicyclic) bond motifs is 1. The number of hydrogen-bond donors (Lipinski definition) is 1. The summed E-state index contributed by atoms with van der Waals surface area (Å²) in [5, 5.41) is 3.02. The molecule has 4 aromatic rings. The molecular formula is C30H35N3O3. The maximum atomic E-state index is 12.3. The summed E-state index contributed by atoms with van der Waals surface area (Å²) in [4.78, 5) is 17.2. The van der Waals surface area contributed by atoms with Gasteiger partial charge in [0, 0.05) is 18.5 Å². The van der Waals surface area contributed by atoms with Crippen molar-refractivity contribution in [2.24, 2.45) is 0 Å². The Kier molecular flexibility index (Phi) is 8.98. The maximum Gasteiger partial charge on any atom is 0.251 e. The molecule has 1 amide bonds. The summed E-state index contributed by atoms with van der Waals surface area (Å²) in [6.45, 7) is 6.51. The second-order valence-corrected chi connectivity index (χ2v) is 8.83. The van der Waals surface area contributed by atoms with Gasteiger partial charge in [-0.2, -0.15) is 0 Å². The number of rotatable bonds is 13. The SMILES string of the molecule is CCOc1ccccc1OCCn1c(CCCCCNC(=O)c2ccc(C)cc2)nc2ccccc21. The number of nitrogens with zero attached hydrogens (tertiary/aromatic N) is 2. The summed E-state index contributed by atoms with van der Waals surface area (Å²) in [5.74, 6) is 2.59. The van der Waals surface area contributed by atoms with E-state index in [9.17, 15) is 4.79 Å². The molecule has 0 radical (unpaired) electrons. The van der Waals surface area contributed by atoms with Gasteiger partial charge in [-0.05, 0) is 63.1 Å². The standard InChI is InChI=1S/C30H35N3O3/c1-3-35-27-13-8-9-14-28(27)36-22-21-33-26-12-7-6-11-25(26)32-29(33)15-5-4-10-20-31-30(34)24-18-16-23(2)17-19-24/h6-9,11-14,16-19H,3-5,10,15,20-22H2,1-2H3,(H,31,34). The van der Waals surface area contributed by atoms with Crippen molar-refractivity contribution < 1.29 is 14.3 Å². The Balaban J connectivity index is 1.28. The van der Waals surface area contributed by atoms with Crippen LogP contribution in [0.4, 0.5) is 0 Å². The molecule has 0 saturated carbocycles. The number of para-hydroxylation sites is 4. The number of carbonyl (C=O) groups excluding carboxylic acids is 1. The van der Waals surface area contributed by atoms with Crippen LogP contribution in [0.3, 0.4) is 0 Å². The number of amides is 1. The largest absolute Gasteiger partial charge is 0.490 e. The Morgan fingerprint density at radius 2 is 1.61 bits per heavy atom. The van der Waals surface area contributed by atoms with E-state index in [1.807, 2.05) is 74.5 Å². The fourth-order valence-electron chi connectivity index (χ4n) is 4.25. The summed E-state index contributed by atoms with van der Waals surface area (Å²) in [7, 11) is 0. The molecule has 1 heterocycles. The molecule has 188 valence electrons. The Morgan fingerprint density at radius 3 is 2.39 bits per heavy atom. The van der Waals surface area contributed by atoms with Crippen molar-refractivity contribution in [3.8, 4) is 11.5 Å². The summed E-state index contributed by atoms with van der Waals surface area (Å²) >= 11 is 0. The summed E-state index contributed by atoms with van der Waals surface area (Å²) in [6, 6.07) is 23.7. The highest BCUT2D eigenvalue weighted by atomic mass is 16.5. The Labute approximate surface area is 213 Å². The first-order valence-electron chi connectivity index (χ1n) is 12.8. The van der Waals surface area contributed by atoms with E-state index in [1.54, 1.807) is 0 Å². The minimum atomic E-state index is -0.0114. The quantitative estimate of drug-likeness (QED) is 0.237. The van der Waals surface area contributed by atoms with Crippen LogP contribution in [0.2, 0.25) is 0 Å². The maximum absolute atomic E-state index is 12.3. The van der Waals surface area contributed by atoms with Gasteiger partial charge in [0.2, 0.25) is 0 Å². The summed E-state index contributed by atoms with van der Waals surface area (Å²) < 4.78 is 14.0. The fourth-order valence-corrected chi connectivity index (χ4v) is 4.25. The molecule has 6 nitrogen and oxygen atoms in total. The van der Waals surface area contributed by atoms with Crippen LogP contribution in [0.5, 0.6) is 11.5 Å². The number of aryl methyl sites for hydroxylation is 2. The highest BCUT2D eigenvalue weighted by Crippen LogP contribution is 2.26. The Bertz CT molecular complexity index is 1260. The average molecular weight is 486 g/mol. The lowest BCUT2D eigenvalue weighted by molar-refractivity contribution is 0.0953. The van der Waals surface area contributed by atoms with E-state index in [-0.39, 0.29) is 5.91 Å². The van der Waals surface area contributed by atoms with Gasteiger partial charge in [-0.15, -0.1) is 0 Å². The second kappa shape index (κ2) is 12.8. The number of benzene rings is 3. The third-order valence-corrected chi connectivity index (χ3v) is 6.13. The molecule has 0 fully saturated rings. The summed E-state index contributed by atoms with van der Waals surface area (Å²) in [6.07, 6.45) is 3.86. The minimum absolute atomic E-state index is 0.0114. The molecule has 36 heavy (non-hydrogen) atoms. The van der Waals surface area contributed by atoms with E-state index in [4.69, 9.17) is 14.5 Å². The van der Waals surface area contributed by atoms with Gasteiger partial charge >= 0.3 is 0 Å². The first kappa shape index (κ1) is 25.3. The fraction of sp³-hybridized carbons (Fsp3) is 0.333. The molecule has 0 unspecified atom stereocenters. The van der Waals surface area contributed by atoms with Gasteiger partial charge in [0.25, 0.3) is 5.91 Å². The molecular weight excluding hydrogens is 450 g/mol. The molecule has 0 bridgehead atoms. The van der Waals surface area contributed by atoms with Crippen LogP contribution >= 0.6 is 0 Å². The zero-order valence-corrected chi connectivity index (χ0v) is 21.2. The number of hydrogen-bond acceptors (Lipinski definition) is 4. The van der Waals surface area contributed by atoms with Gasteiger partial charge in [-0.1, -0.05) is 48.4 Å². The third kappa shape index (κ3) is 6.66. The lowest BCUT2D eigenvalue weighted by atomic mass is 10.1. The van der Waals surface area contributed by atoms with E-state index in [0.717, 1.165) is 59.6 Å². The van der Waals surface area contributed by atoms with Crippen LogP contribution in [-0.2, 0) is 13.0 Å². The number of carbonyl (C=O) groups is 1. The zero-order chi connectivity index (χ0) is 25.2. The van der Waals surface area contributed by atoms with Gasteiger partial charge in [0.15, 0.2) is 11.5 Å². The van der Waals surface area contributed by atoms with Crippen LogP contribution in [-0.4, -0.2) is 35.2 Å². The van der Waals surface area contributed by atoms with Crippen LogP contribution in [0.25, 0.3) is 11.0 Å². The van der Waals surface area contributed by atoms with Crippen LogP contribution in [0, 0.1) is 6.92 Å². The molecule has 1 N–H and O–H groups in total. The van der Waals surface area contributed by atoms with Crippen molar-refractivity contribution in [2.75, 3.05) is 19.8 Å². The van der Waals surface area contributed by atoms with E-state index < -0.39 is 0 Å². The Hall–Kier alpha value is -3.80. The van der Waals surface area contributed by atoms with Gasteiger partial charge in [0.1, 0.15) is 12.4 Å². The van der Waals surface area contributed by atoms with Crippen LogP contribution in [0.15, 0.2) is 72.8 Å². The molecule has 4 rings (SSSR count). The van der Waals surface area contributed by atoms with Crippen LogP contribution < -0.4 is 14.8 Å². The molecule has 3 aromatic carbocycles. The smallest absolute Gasteiger partial charge is 0.251 e. The minimum Gasteiger partial charge on any atom is -0.490 e. The number of ether oxygens (including phenoxy) is 2. The van der Waals surface area contributed by atoms with Crippen molar-refractivity contribution in [1.82, 2.24) is 14.9 Å². The van der Waals surface area contributed by atoms with Crippen molar-refractivity contribution in [3.63, 3.8) is 0 Å². The van der Waals surface area contributed by atoms with Crippen LogP contribution in [0.1, 0.15) is 47.9 Å². The number of aromatic nitrogens is 2. The molecule has 6 heteroatoms. The van der Waals surface area contributed by atoms with Gasteiger partial charge < -0.3 is 19.4 Å². The monoisotopic (exact) mass is 485 g/mol. The first-order chi connectivity index (χ1) is 17.7. The van der Waals surface area contributed by atoms with Crippen molar-refractivity contribution >= 4 is 16.9 Å². The molecule has 0 aliphatic carbocycles. The molecule has 0 aliphatic rings. The number of imidazole rings is 1. The van der Waals surface area contributed by atoms with E-state index in [0.29, 0.717) is 31.9 Å². The average Bonchev–Trinajstić information content (AvgIpc) is 3.25. The van der Waals surface area contributed by atoms with E-state index in [1.165, 1.54) is 0 Å². The van der Waals surface area contributed by atoms with E-state index in [2.05, 4.69) is 22.0 Å². The van der Waals surface area contributed by atoms with Gasteiger partial charge in [-0.3, -0.25) is 4.79 Å². The van der Waals surface area contributed by atoms with Gasteiger partial charge in [-0.25, -0.2) is 4.98 Å². The number of nitrogens with one attached hydrogen (secondary N) is 1. The lowest BCUT2D eigenvalue weighted by Crippen LogP contribution is -2.24. The molecule has 0 atom stereocenters. The topological polar surface area (TPSA) is 65.4 Å². The van der Waals surface area contributed by atoms with Crippen molar-refractivity contribution in [3.05, 3.63) is 89.7 Å². The predicted molar refractivity (Wildman–Crippen MR) is 144 cm³/mol. The van der Waals surface area contributed by atoms with Crippen molar-refractivity contribution in [1.29, 1.82) is 0 Å². The lowest BCUT2D eigenvalue weighted by Gasteiger charge is -2.13. The normalized spacial score (nSPS) is 10.9. The predicted octanol–water partition coefficient (Wildman–Crippen LogP) is 5.97. The summed E-state index contributed by atoms with van der Waals surface area (Å²) in [5.41, 5.74) is 3.99. The number of unbranched alkanes of at least 4 members (excludes halogenated alkanes) is 2. The highest BCUT2D eigenvalue weighted by Gasteiger charge is 2.11. The second-order valence-electron chi connectivity index (χ2n) is 8.83. The third-order valence-electron chi connectivity index (χ3n) is 6.13. The zero-order valence-electron chi connectivity index (χ0n) is 21.2. The van der Waals surface area contributed by atoms with Crippen molar-refractivity contribution in [2.45, 2.75) is 46.1 Å². The van der Waals surface area contributed by atoms with Gasteiger partial charge in [0.05, 0.1) is 24.2 Å².